The maximum atomic E-state index is 4.60. The predicted octanol–water partition coefficient (Wildman–Crippen LogP) is 2.69. The standard InChI is InChI=1S/C14H23N3/c1-4-17(5-2)14-9-8-12(11-15-14)13-7-6-10-16(13)3/h8-9,11,13H,4-7,10H2,1-3H3/t13-/m1/s1. The first-order valence-electron chi connectivity index (χ1n) is 6.67. The number of nitrogens with zero attached hydrogens (tertiary/aromatic N) is 3. The van der Waals surface area contributed by atoms with Crippen molar-refractivity contribution in [2.45, 2.75) is 32.7 Å². The molecule has 2 heterocycles. The van der Waals surface area contributed by atoms with Crippen molar-refractivity contribution in [2.75, 3.05) is 31.6 Å². The van der Waals surface area contributed by atoms with Crippen molar-refractivity contribution in [3.8, 4) is 0 Å². The molecule has 1 saturated heterocycles. The first-order chi connectivity index (χ1) is 8.26. The van der Waals surface area contributed by atoms with Crippen LogP contribution < -0.4 is 4.90 Å². The minimum atomic E-state index is 0.577. The normalized spacial score (nSPS) is 20.8. The van der Waals surface area contributed by atoms with Crippen molar-refractivity contribution in [3.63, 3.8) is 0 Å². The summed E-state index contributed by atoms with van der Waals surface area (Å²) in [5.74, 6) is 1.10. The molecule has 17 heavy (non-hydrogen) atoms. The molecule has 1 fully saturated rings. The van der Waals surface area contributed by atoms with Crippen LogP contribution in [-0.2, 0) is 0 Å². The van der Waals surface area contributed by atoms with Gasteiger partial charge >= 0.3 is 0 Å². The third kappa shape index (κ3) is 2.60. The maximum Gasteiger partial charge on any atom is 0.128 e. The summed E-state index contributed by atoms with van der Waals surface area (Å²) in [7, 11) is 2.20. The van der Waals surface area contributed by atoms with E-state index >= 15 is 0 Å². The quantitative estimate of drug-likeness (QED) is 0.797. The topological polar surface area (TPSA) is 19.4 Å². The Balaban J connectivity index is 2.12. The molecule has 0 saturated carbocycles. The number of likely N-dealkylation sites (tertiary alicyclic amines) is 1. The number of rotatable bonds is 4. The molecule has 2 rings (SSSR count). The second-order valence-electron chi connectivity index (χ2n) is 4.76. The first kappa shape index (κ1) is 12.4. The van der Waals surface area contributed by atoms with Gasteiger partial charge in [-0.15, -0.1) is 0 Å². The van der Waals surface area contributed by atoms with Crippen molar-refractivity contribution < 1.29 is 0 Å². The van der Waals surface area contributed by atoms with Gasteiger partial charge in [0, 0.05) is 25.3 Å². The van der Waals surface area contributed by atoms with Crippen LogP contribution in [0.2, 0.25) is 0 Å². The van der Waals surface area contributed by atoms with E-state index in [1.54, 1.807) is 0 Å². The Labute approximate surface area is 104 Å². The molecule has 0 N–H and O–H groups in total. The first-order valence-corrected chi connectivity index (χ1v) is 6.67. The molecule has 1 aliphatic heterocycles. The highest BCUT2D eigenvalue weighted by Crippen LogP contribution is 2.30. The molecular weight excluding hydrogens is 210 g/mol. The average Bonchev–Trinajstić information content (AvgIpc) is 2.78. The molecule has 3 nitrogen and oxygen atoms in total. The van der Waals surface area contributed by atoms with E-state index in [9.17, 15) is 0 Å². The molecule has 1 aromatic rings. The van der Waals surface area contributed by atoms with Gasteiger partial charge in [-0.25, -0.2) is 4.98 Å². The Morgan fingerprint density at radius 3 is 2.59 bits per heavy atom. The molecular formula is C14H23N3. The molecule has 1 atom stereocenters. The maximum absolute atomic E-state index is 4.60. The summed E-state index contributed by atoms with van der Waals surface area (Å²) in [5.41, 5.74) is 1.36. The van der Waals surface area contributed by atoms with E-state index < -0.39 is 0 Å². The summed E-state index contributed by atoms with van der Waals surface area (Å²) < 4.78 is 0. The number of anilines is 1. The Morgan fingerprint density at radius 2 is 2.12 bits per heavy atom. The van der Waals surface area contributed by atoms with Gasteiger partial charge < -0.3 is 4.90 Å². The van der Waals surface area contributed by atoms with Crippen LogP contribution >= 0.6 is 0 Å². The lowest BCUT2D eigenvalue weighted by Crippen LogP contribution is -2.23. The van der Waals surface area contributed by atoms with Crippen molar-refractivity contribution in [1.82, 2.24) is 9.88 Å². The van der Waals surface area contributed by atoms with Gasteiger partial charge in [0.15, 0.2) is 0 Å². The molecule has 0 amide bonds. The van der Waals surface area contributed by atoms with E-state index in [-0.39, 0.29) is 0 Å². The molecule has 1 aromatic heterocycles. The summed E-state index contributed by atoms with van der Waals surface area (Å²) in [6, 6.07) is 4.98. The Morgan fingerprint density at radius 1 is 1.35 bits per heavy atom. The minimum Gasteiger partial charge on any atom is -0.357 e. The third-order valence-corrected chi connectivity index (χ3v) is 3.76. The van der Waals surface area contributed by atoms with Crippen molar-refractivity contribution in [1.29, 1.82) is 0 Å². The van der Waals surface area contributed by atoms with Gasteiger partial charge in [-0.2, -0.15) is 0 Å². The largest absolute Gasteiger partial charge is 0.357 e. The average molecular weight is 233 g/mol. The van der Waals surface area contributed by atoms with Gasteiger partial charge in [0.25, 0.3) is 0 Å². The highest BCUT2D eigenvalue weighted by Gasteiger charge is 2.22. The monoisotopic (exact) mass is 233 g/mol. The summed E-state index contributed by atoms with van der Waals surface area (Å²) in [6.07, 6.45) is 4.63. The van der Waals surface area contributed by atoms with Gasteiger partial charge in [-0.1, -0.05) is 6.07 Å². The summed E-state index contributed by atoms with van der Waals surface area (Å²) in [6.45, 7) is 7.59. The van der Waals surface area contributed by atoms with Gasteiger partial charge in [0.05, 0.1) is 0 Å². The van der Waals surface area contributed by atoms with E-state index in [1.165, 1.54) is 24.9 Å². The van der Waals surface area contributed by atoms with Gasteiger partial charge in [-0.3, -0.25) is 4.90 Å². The highest BCUT2D eigenvalue weighted by atomic mass is 15.2. The van der Waals surface area contributed by atoms with Crippen LogP contribution in [0.1, 0.15) is 38.3 Å². The van der Waals surface area contributed by atoms with Gasteiger partial charge in [-0.05, 0) is 51.9 Å². The Bertz CT molecular complexity index is 343. The lowest BCUT2D eigenvalue weighted by Gasteiger charge is -2.22. The second-order valence-corrected chi connectivity index (χ2v) is 4.76. The summed E-state index contributed by atoms with van der Waals surface area (Å²) >= 11 is 0. The lowest BCUT2D eigenvalue weighted by atomic mass is 10.1. The molecule has 0 aromatic carbocycles. The number of hydrogen-bond donors (Lipinski definition) is 0. The van der Waals surface area contributed by atoms with Crippen LogP contribution in [0.4, 0.5) is 5.82 Å². The molecule has 1 aliphatic rings. The van der Waals surface area contributed by atoms with Crippen molar-refractivity contribution in [3.05, 3.63) is 23.9 Å². The van der Waals surface area contributed by atoms with Crippen LogP contribution in [0.15, 0.2) is 18.3 Å². The van der Waals surface area contributed by atoms with Gasteiger partial charge in [0.1, 0.15) is 5.82 Å². The van der Waals surface area contributed by atoms with Crippen molar-refractivity contribution in [2.24, 2.45) is 0 Å². The van der Waals surface area contributed by atoms with Crippen LogP contribution in [0.25, 0.3) is 0 Å². The fourth-order valence-electron chi connectivity index (χ4n) is 2.66. The lowest BCUT2D eigenvalue weighted by molar-refractivity contribution is 0.317. The van der Waals surface area contributed by atoms with Crippen LogP contribution in [0, 0.1) is 0 Å². The van der Waals surface area contributed by atoms with E-state index in [4.69, 9.17) is 0 Å². The zero-order valence-electron chi connectivity index (χ0n) is 11.2. The van der Waals surface area contributed by atoms with E-state index in [1.807, 2.05) is 0 Å². The minimum absolute atomic E-state index is 0.577. The summed E-state index contributed by atoms with van der Waals surface area (Å²) in [4.78, 5) is 9.30. The number of pyridine rings is 1. The molecule has 94 valence electrons. The zero-order valence-corrected chi connectivity index (χ0v) is 11.2. The van der Waals surface area contributed by atoms with Crippen LogP contribution in [0.5, 0.6) is 0 Å². The SMILES string of the molecule is CCN(CC)c1ccc([C@H]2CCCN2C)cn1. The second kappa shape index (κ2) is 5.50. The van der Waals surface area contributed by atoms with Crippen LogP contribution in [0.3, 0.4) is 0 Å². The van der Waals surface area contributed by atoms with Crippen molar-refractivity contribution >= 4 is 5.82 Å². The van der Waals surface area contributed by atoms with Crippen LogP contribution in [-0.4, -0.2) is 36.6 Å². The molecule has 0 spiro atoms. The molecule has 0 aliphatic carbocycles. The fraction of sp³-hybridized carbons (Fsp3) is 0.643. The van der Waals surface area contributed by atoms with E-state index in [0.29, 0.717) is 6.04 Å². The zero-order chi connectivity index (χ0) is 12.3. The summed E-state index contributed by atoms with van der Waals surface area (Å²) in [5, 5.41) is 0. The van der Waals surface area contributed by atoms with E-state index in [2.05, 4.69) is 54.0 Å². The molecule has 3 heteroatoms. The predicted molar refractivity (Wildman–Crippen MR) is 72.4 cm³/mol. The number of hydrogen-bond acceptors (Lipinski definition) is 3. The Kier molecular flexibility index (Phi) is 4.00. The fourth-order valence-corrected chi connectivity index (χ4v) is 2.66. The highest BCUT2D eigenvalue weighted by molar-refractivity contribution is 5.39. The number of aromatic nitrogens is 1. The Hall–Kier alpha value is -1.09. The third-order valence-electron chi connectivity index (χ3n) is 3.76. The van der Waals surface area contributed by atoms with E-state index in [0.717, 1.165) is 18.9 Å². The smallest absolute Gasteiger partial charge is 0.128 e. The molecule has 0 bridgehead atoms. The molecule has 0 radical (unpaired) electrons. The molecule has 0 unspecified atom stereocenters. The van der Waals surface area contributed by atoms with Gasteiger partial charge in [0.2, 0.25) is 0 Å².